The van der Waals surface area contributed by atoms with E-state index in [1.165, 1.54) is 50.9 Å². The Bertz CT molecular complexity index is 1730. The van der Waals surface area contributed by atoms with Crippen molar-refractivity contribution >= 4 is 39.2 Å². The normalized spacial score (nSPS) is 17.0. The van der Waals surface area contributed by atoms with Crippen molar-refractivity contribution < 1.29 is 13.6 Å². The van der Waals surface area contributed by atoms with Crippen LogP contribution in [-0.4, -0.2) is 63.2 Å². The van der Waals surface area contributed by atoms with Gasteiger partial charge in [0, 0.05) is 36.3 Å². The van der Waals surface area contributed by atoms with Crippen LogP contribution in [0.2, 0.25) is 0 Å². The van der Waals surface area contributed by atoms with E-state index in [2.05, 4.69) is 42.4 Å². The fourth-order valence-corrected chi connectivity index (χ4v) is 6.27. The summed E-state index contributed by atoms with van der Waals surface area (Å²) in [6, 6.07) is 15.3. The molecule has 210 valence electrons. The molecule has 2 aliphatic heterocycles. The van der Waals surface area contributed by atoms with Gasteiger partial charge in [-0.3, -0.25) is 9.89 Å². The number of carbonyl (C=O) groups excluding carboxylic acids is 1. The number of amides is 1. The van der Waals surface area contributed by atoms with Gasteiger partial charge in [-0.15, -0.1) is 0 Å². The second-order valence-electron chi connectivity index (χ2n) is 11.0. The van der Waals surface area contributed by atoms with Crippen molar-refractivity contribution in [1.29, 1.82) is 0 Å². The van der Waals surface area contributed by atoms with E-state index >= 15 is 0 Å². The van der Waals surface area contributed by atoms with Gasteiger partial charge in [-0.25, -0.2) is 13.8 Å². The van der Waals surface area contributed by atoms with E-state index in [-0.39, 0.29) is 5.56 Å². The van der Waals surface area contributed by atoms with Crippen molar-refractivity contribution in [2.75, 3.05) is 36.4 Å². The molecule has 4 heterocycles. The molecule has 7 rings (SSSR count). The number of piperidine rings is 2. The number of fused-ring (bicyclic) bond motifs is 2. The molecule has 2 fully saturated rings. The highest BCUT2D eigenvalue weighted by Gasteiger charge is 2.26. The molecule has 0 bridgehead atoms. The minimum Gasteiger partial charge on any atom is -0.371 e. The van der Waals surface area contributed by atoms with Crippen LogP contribution in [0, 0.1) is 11.6 Å². The second-order valence-corrected chi connectivity index (χ2v) is 11.0. The van der Waals surface area contributed by atoms with Crippen molar-refractivity contribution in [3.05, 3.63) is 71.8 Å². The van der Waals surface area contributed by atoms with Gasteiger partial charge in [-0.2, -0.15) is 5.10 Å². The Balaban J connectivity index is 1.11. The van der Waals surface area contributed by atoms with E-state index in [1.54, 1.807) is 12.1 Å². The van der Waals surface area contributed by atoms with Gasteiger partial charge in [0.1, 0.15) is 17.3 Å². The number of imidazole rings is 1. The smallest absolute Gasteiger partial charge is 0.258 e. The van der Waals surface area contributed by atoms with E-state index < -0.39 is 17.5 Å². The van der Waals surface area contributed by atoms with E-state index in [0.717, 1.165) is 41.6 Å². The summed E-state index contributed by atoms with van der Waals surface area (Å²) in [5.74, 6) is -1.73. The van der Waals surface area contributed by atoms with Gasteiger partial charge < -0.3 is 20.1 Å². The summed E-state index contributed by atoms with van der Waals surface area (Å²) >= 11 is 0. The van der Waals surface area contributed by atoms with E-state index in [4.69, 9.17) is 4.98 Å². The highest BCUT2D eigenvalue weighted by Crippen LogP contribution is 2.32. The van der Waals surface area contributed by atoms with Crippen LogP contribution in [0.5, 0.6) is 0 Å². The molecular formula is C31H31F2N7O. The number of hydrogen-bond donors (Lipinski definition) is 3. The van der Waals surface area contributed by atoms with E-state index in [1.807, 2.05) is 12.1 Å². The molecule has 2 saturated heterocycles. The maximum atomic E-state index is 14.1. The lowest BCUT2D eigenvalue weighted by Crippen LogP contribution is -2.46. The number of para-hydroxylation sites is 1. The van der Waals surface area contributed by atoms with Crippen LogP contribution in [0.15, 0.2) is 54.6 Å². The zero-order chi connectivity index (χ0) is 27.9. The zero-order valence-corrected chi connectivity index (χ0v) is 22.6. The molecule has 0 saturated carbocycles. The average Bonchev–Trinajstić information content (AvgIpc) is 3.62. The van der Waals surface area contributed by atoms with Gasteiger partial charge >= 0.3 is 0 Å². The summed E-state index contributed by atoms with van der Waals surface area (Å²) in [5.41, 5.74) is 4.35. The average molecular weight is 556 g/mol. The number of aromatic amines is 2. The number of H-pyrrole nitrogens is 2. The van der Waals surface area contributed by atoms with Crippen LogP contribution in [0.25, 0.3) is 33.5 Å². The number of carbonyl (C=O) groups is 1. The standard InChI is InChI=1S/C31H31F2N7O/c32-19-7-9-22(24(33)17-19)31(41)36-26-6-4-5-23-28(26)37-38-29(23)30-34-25-10-8-21(18-27(25)35-30)40-15-11-20(12-16-40)39-13-2-1-3-14-39/h4-10,17-18,20H,1-3,11-16H2,(H,34,35)(H,36,41)(H,37,38). The second kappa shape index (κ2) is 10.6. The molecule has 10 heteroatoms. The highest BCUT2D eigenvalue weighted by atomic mass is 19.1. The number of halogens is 2. The Kier molecular flexibility index (Phi) is 6.62. The lowest BCUT2D eigenvalue weighted by Gasteiger charge is -2.41. The molecule has 0 radical (unpaired) electrons. The molecule has 3 N–H and O–H groups in total. The number of aromatic nitrogens is 4. The van der Waals surface area contributed by atoms with Crippen LogP contribution < -0.4 is 10.2 Å². The van der Waals surface area contributed by atoms with E-state index in [9.17, 15) is 13.6 Å². The first kappa shape index (κ1) is 25.6. The van der Waals surface area contributed by atoms with Crippen LogP contribution >= 0.6 is 0 Å². The first-order valence-electron chi connectivity index (χ1n) is 14.3. The van der Waals surface area contributed by atoms with Gasteiger partial charge in [0.05, 0.1) is 27.8 Å². The monoisotopic (exact) mass is 555 g/mol. The number of anilines is 2. The first-order valence-corrected chi connectivity index (χ1v) is 14.3. The highest BCUT2D eigenvalue weighted by molar-refractivity contribution is 6.10. The van der Waals surface area contributed by atoms with Crippen molar-refractivity contribution in [2.45, 2.75) is 38.1 Å². The van der Waals surface area contributed by atoms with Crippen molar-refractivity contribution in [1.82, 2.24) is 25.1 Å². The predicted octanol–water partition coefficient (Wildman–Crippen LogP) is 6.09. The number of benzene rings is 3. The molecule has 41 heavy (non-hydrogen) atoms. The molecule has 2 aromatic heterocycles. The van der Waals surface area contributed by atoms with E-state index in [0.29, 0.717) is 34.8 Å². The molecule has 8 nitrogen and oxygen atoms in total. The van der Waals surface area contributed by atoms with Crippen molar-refractivity contribution in [3.8, 4) is 11.5 Å². The summed E-state index contributed by atoms with van der Waals surface area (Å²) in [4.78, 5) is 26.1. The topological polar surface area (TPSA) is 92.9 Å². The SMILES string of the molecule is O=C(Nc1cccc2c(-c3nc4ccc(N5CCC(N6CCCCC6)CC5)cc4[nH]3)n[nH]c12)c1ccc(F)cc1F. The molecule has 2 aliphatic rings. The summed E-state index contributed by atoms with van der Waals surface area (Å²) in [6.45, 7) is 4.59. The fourth-order valence-electron chi connectivity index (χ4n) is 6.27. The first-order chi connectivity index (χ1) is 20.0. The third-order valence-corrected chi connectivity index (χ3v) is 8.45. The third kappa shape index (κ3) is 4.93. The van der Waals surface area contributed by atoms with Crippen LogP contribution in [0.1, 0.15) is 42.5 Å². The number of rotatable bonds is 5. The minimum absolute atomic E-state index is 0.244. The molecule has 0 spiro atoms. The van der Waals surface area contributed by atoms with Crippen LogP contribution in [-0.2, 0) is 0 Å². The Morgan fingerprint density at radius 2 is 1.78 bits per heavy atom. The molecule has 1 amide bonds. The quantitative estimate of drug-likeness (QED) is 0.244. The zero-order valence-electron chi connectivity index (χ0n) is 22.6. The van der Waals surface area contributed by atoms with Gasteiger partial charge in [-0.05, 0) is 75.2 Å². The molecule has 5 aromatic rings. The van der Waals surface area contributed by atoms with Gasteiger partial charge in [0.15, 0.2) is 5.82 Å². The van der Waals surface area contributed by atoms with Crippen LogP contribution in [0.3, 0.4) is 0 Å². The maximum absolute atomic E-state index is 14.1. The lowest BCUT2D eigenvalue weighted by molar-refractivity contribution is 0.102. The summed E-state index contributed by atoms with van der Waals surface area (Å²) in [7, 11) is 0. The Hall–Kier alpha value is -4.31. The summed E-state index contributed by atoms with van der Waals surface area (Å²) in [5, 5.41) is 10.9. The summed E-state index contributed by atoms with van der Waals surface area (Å²) < 4.78 is 27.4. The van der Waals surface area contributed by atoms with Crippen molar-refractivity contribution in [2.24, 2.45) is 0 Å². The molecular weight excluding hydrogens is 524 g/mol. The molecule has 0 unspecified atom stereocenters. The lowest BCUT2D eigenvalue weighted by atomic mass is 9.99. The third-order valence-electron chi connectivity index (χ3n) is 8.45. The minimum atomic E-state index is -0.923. The number of nitrogens with zero attached hydrogens (tertiary/aromatic N) is 4. The molecule has 0 aliphatic carbocycles. The maximum Gasteiger partial charge on any atom is 0.258 e. The number of hydrogen-bond acceptors (Lipinski definition) is 5. The van der Waals surface area contributed by atoms with Crippen molar-refractivity contribution in [3.63, 3.8) is 0 Å². The van der Waals surface area contributed by atoms with Gasteiger partial charge in [0.25, 0.3) is 5.91 Å². The fraction of sp³-hybridized carbons (Fsp3) is 0.323. The number of likely N-dealkylation sites (tertiary alicyclic amines) is 1. The number of nitrogens with one attached hydrogen (secondary N) is 3. The Morgan fingerprint density at radius 1 is 0.951 bits per heavy atom. The Labute approximate surface area is 235 Å². The molecule has 0 atom stereocenters. The molecule has 3 aromatic carbocycles. The Morgan fingerprint density at radius 3 is 2.59 bits per heavy atom. The predicted molar refractivity (Wildman–Crippen MR) is 156 cm³/mol. The van der Waals surface area contributed by atoms with Crippen LogP contribution in [0.4, 0.5) is 20.2 Å². The largest absolute Gasteiger partial charge is 0.371 e. The van der Waals surface area contributed by atoms with Gasteiger partial charge in [0.2, 0.25) is 0 Å². The summed E-state index contributed by atoms with van der Waals surface area (Å²) in [6.07, 6.45) is 6.41. The van der Waals surface area contributed by atoms with Gasteiger partial charge in [-0.1, -0.05) is 18.6 Å².